The first-order valence-electron chi connectivity index (χ1n) is 4.19. The second kappa shape index (κ2) is 5.49. The topological polar surface area (TPSA) is 88.5 Å². The highest BCUT2D eigenvalue weighted by Crippen LogP contribution is 2.07. The lowest BCUT2D eigenvalue weighted by molar-refractivity contribution is 0.474. The van der Waals surface area contributed by atoms with E-state index in [0.29, 0.717) is 0 Å². The molecule has 88 valence electrons. The molecule has 0 spiro atoms. The number of sulfone groups is 1. The molecule has 1 N–H and O–H groups in total. The van der Waals surface area contributed by atoms with Crippen molar-refractivity contribution in [2.75, 3.05) is 17.8 Å². The summed E-state index contributed by atoms with van der Waals surface area (Å²) in [7, 11) is -7.25. The molecule has 0 aliphatic heterocycles. The molecule has 0 aromatic rings. The molecule has 0 aromatic carbocycles. The molecular formula is C8H14O5S2. The van der Waals surface area contributed by atoms with Crippen molar-refractivity contribution in [1.29, 1.82) is 0 Å². The van der Waals surface area contributed by atoms with Crippen LogP contribution < -0.4 is 0 Å². The van der Waals surface area contributed by atoms with Crippen LogP contribution in [-0.2, 0) is 20.0 Å². The van der Waals surface area contributed by atoms with Crippen molar-refractivity contribution in [2.24, 2.45) is 5.92 Å². The summed E-state index contributed by atoms with van der Waals surface area (Å²) < 4.78 is 51.4. The lowest BCUT2D eigenvalue weighted by atomic mass is 10.1. The van der Waals surface area contributed by atoms with E-state index in [2.05, 4.69) is 11.8 Å². The maximum absolute atomic E-state index is 10.8. The predicted octanol–water partition coefficient (Wildman–Crippen LogP) is -0.0516. The smallest absolute Gasteiger partial charge is 0.266 e. The number of hydrogen-bond donors (Lipinski definition) is 1. The first kappa shape index (κ1) is 14.4. The van der Waals surface area contributed by atoms with Gasteiger partial charge in [-0.2, -0.15) is 8.42 Å². The van der Waals surface area contributed by atoms with Crippen molar-refractivity contribution in [3.8, 4) is 11.8 Å². The van der Waals surface area contributed by atoms with Gasteiger partial charge in [-0.15, -0.1) is 5.92 Å². The summed E-state index contributed by atoms with van der Waals surface area (Å²) >= 11 is 0. The van der Waals surface area contributed by atoms with Crippen LogP contribution in [0.5, 0.6) is 0 Å². The average molecular weight is 254 g/mol. The maximum Gasteiger partial charge on any atom is 0.266 e. The van der Waals surface area contributed by atoms with Crippen LogP contribution in [0.2, 0.25) is 0 Å². The van der Waals surface area contributed by atoms with Crippen molar-refractivity contribution in [2.45, 2.75) is 13.3 Å². The van der Waals surface area contributed by atoms with Gasteiger partial charge in [-0.25, -0.2) is 8.42 Å². The zero-order chi connectivity index (χ0) is 12.1. The SMILES string of the molecule is CC#CC(CCS(C)(=O)=O)CS(=O)(=O)O. The Hall–Kier alpha value is -0.580. The highest BCUT2D eigenvalue weighted by molar-refractivity contribution is 7.90. The molecule has 0 aromatic heterocycles. The van der Waals surface area contributed by atoms with Crippen LogP contribution in [0, 0.1) is 17.8 Å². The van der Waals surface area contributed by atoms with Crippen molar-refractivity contribution < 1.29 is 21.4 Å². The van der Waals surface area contributed by atoms with E-state index in [-0.39, 0.29) is 12.2 Å². The molecule has 0 amide bonds. The van der Waals surface area contributed by atoms with Gasteiger partial charge in [0.05, 0.1) is 11.5 Å². The van der Waals surface area contributed by atoms with Gasteiger partial charge in [0, 0.05) is 12.2 Å². The van der Waals surface area contributed by atoms with E-state index in [0.717, 1.165) is 6.26 Å². The van der Waals surface area contributed by atoms with Gasteiger partial charge in [0.1, 0.15) is 9.84 Å². The molecule has 7 heteroatoms. The predicted molar refractivity (Wildman–Crippen MR) is 57.7 cm³/mol. The van der Waals surface area contributed by atoms with E-state index < -0.39 is 31.6 Å². The molecule has 0 saturated carbocycles. The first-order chi connectivity index (χ1) is 6.64. The average Bonchev–Trinajstić information content (AvgIpc) is 1.96. The molecule has 0 bridgehead atoms. The molecule has 0 saturated heterocycles. The Balaban J connectivity index is 4.48. The van der Waals surface area contributed by atoms with E-state index in [1.807, 2.05) is 0 Å². The normalized spacial score (nSPS) is 14.1. The summed E-state index contributed by atoms with van der Waals surface area (Å²) in [5, 5.41) is 0. The van der Waals surface area contributed by atoms with Gasteiger partial charge in [-0.3, -0.25) is 4.55 Å². The Labute approximate surface area is 90.5 Å². The van der Waals surface area contributed by atoms with Crippen molar-refractivity contribution in [3.05, 3.63) is 0 Å². The third-order valence-corrected chi connectivity index (χ3v) is 3.40. The molecule has 0 heterocycles. The fraction of sp³-hybridized carbons (Fsp3) is 0.750. The van der Waals surface area contributed by atoms with Gasteiger partial charge in [0.2, 0.25) is 0 Å². The molecule has 15 heavy (non-hydrogen) atoms. The van der Waals surface area contributed by atoms with Crippen LogP contribution in [0.1, 0.15) is 13.3 Å². The van der Waals surface area contributed by atoms with E-state index in [4.69, 9.17) is 4.55 Å². The summed E-state index contributed by atoms with van der Waals surface area (Å²) in [6.45, 7) is 1.53. The van der Waals surface area contributed by atoms with Crippen LogP contribution >= 0.6 is 0 Å². The van der Waals surface area contributed by atoms with Crippen molar-refractivity contribution in [3.63, 3.8) is 0 Å². The Bertz CT molecular complexity index is 449. The van der Waals surface area contributed by atoms with E-state index >= 15 is 0 Å². The minimum absolute atomic E-state index is 0.111. The number of rotatable bonds is 5. The molecule has 0 fully saturated rings. The van der Waals surface area contributed by atoms with Crippen molar-refractivity contribution >= 4 is 20.0 Å². The van der Waals surface area contributed by atoms with Gasteiger partial charge in [0.15, 0.2) is 0 Å². The van der Waals surface area contributed by atoms with Crippen LogP contribution in [0.15, 0.2) is 0 Å². The highest BCUT2D eigenvalue weighted by atomic mass is 32.2. The Morgan fingerprint density at radius 3 is 2.13 bits per heavy atom. The Kier molecular flexibility index (Phi) is 5.28. The lowest BCUT2D eigenvalue weighted by Crippen LogP contribution is -2.17. The summed E-state index contributed by atoms with van der Waals surface area (Å²) in [5.41, 5.74) is 0. The van der Waals surface area contributed by atoms with E-state index in [1.54, 1.807) is 0 Å². The van der Waals surface area contributed by atoms with Crippen molar-refractivity contribution in [1.82, 2.24) is 0 Å². The highest BCUT2D eigenvalue weighted by Gasteiger charge is 2.16. The number of hydrogen-bond acceptors (Lipinski definition) is 4. The molecule has 1 unspecified atom stereocenters. The fourth-order valence-electron chi connectivity index (χ4n) is 1.01. The largest absolute Gasteiger partial charge is 0.286 e. The molecule has 0 aliphatic carbocycles. The molecule has 0 aliphatic rings. The molecule has 0 radical (unpaired) electrons. The summed E-state index contributed by atoms with van der Waals surface area (Å²) in [6.07, 6.45) is 1.18. The monoisotopic (exact) mass is 254 g/mol. The quantitative estimate of drug-likeness (QED) is 0.549. The molecule has 1 atom stereocenters. The maximum atomic E-state index is 10.8. The fourth-order valence-corrected chi connectivity index (χ4v) is 2.48. The van der Waals surface area contributed by atoms with E-state index in [1.165, 1.54) is 6.92 Å². The second-order valence-electron chi connectivity index (χ2n) is 3.26. The van der Waals surface area contributed by atoms with Crippen LogP contribution in [-0.4, -0.2) is 39.1 Å². The first-order valence-corrected chi connectivity index (χ1v) is 7.86. The zero-order valence-electron chi connectivity index (χ0n) is 8.60. The van der Waals surface area contributed by atoms with Crippen LogP contribution in [0.3, 0.4) is 0 Å². The van der Waals surface area contributed by atoms with E-state index in [9.17, 15) is 16.8 Å². The summed E-state index contributed by atoms with van der Waals surface area (Å²) in [5.74, 6) is 3.76. The van der Waals surface area contributed by atoms with Gasteiger partial charge in [0.25, 0.3) is 10.1 Å². The van der Waals surface area contributed by atoms with Gasteiger partial charge in [-0.05, 0) is 13.3 Å². The van der Waals surface area contributed by atoms with Crippen LogP contribution in [0.25, 0.3) is 0 Å². The summed E-state index contributed by atoms with van der Waals surface area (Å²) in [4.78, 5) is 0. The van der Waals surface area contributed by atoms with Gasteiger partial charge < -0.3 is 0 Å². The third-order valence-electron chi connectivity index (χ3n) is 1.60. The standard InChI is InChI=1S/C8H14O5S2/c1-3-4-8(7-15(11,12)13)5-6-14(2,9)10/h8H,5-7H2,1-2H3,(H,11,12,13). The second-order valence-corrected chi connectivity index (χ2v) is 7.02. The molecular weight excluding hydrogens is 240 g/mol. The zero-order valence-corrected chi connectivity index (χ0v) is 10.2. The minimum Gasteiger partial charge on any atom is -0.286 e. The lowest BCUT2D eigenvalue weighted by Gasteiger charge is -2.07. The third kappa shape index (κ3) is 9.72. The van der Waals surface area contributed by atoms with Gasteiger partial charge >= 0.3 is 0 Å². The molecule has 0 rings (SSSR count). The van der Waals surface area contributed by atoms with Gasteiger partial charge in [-0.1, -0.05) is 5.92 Å². The van der Waals surface area contributed by atoms with Crippen LogP contribution in [0.4, 0.5) is 0 Å². The summed E-state index contributed by atoms with van der Waals surface area (Å²) in [6, 6.07) is 0. The Morgan fingerprint density at radius 2 is 1.80 bits per heavy atom. The minimum atomic E-state index is -4.11. The molecule has 5 nitrogen and oxygen atoms in total. The Morgan fingerprint density at radius 1 is 1.27 bits per heavy atom.